The van der Waals surface area contributed by atoms with Crippen molar-refractivity contribution in [2.24, 2.45) is 5.10 Å². The predicted molar refractivity (Wildman–Crippen MR) is 266 cm³/mol. The summed E-state index contributed by atoms with van der Waals surface area (Å²) in [7, 11) is -9.58. The van der Waals surface area contributed by atoms with Crippen molar-refractivity contribution in [1.82, 2.24) is 9.78 Å². The minimum Gasteiger partial charge on any atom is -0.744 e. The van der Waals surface area contributed by atoms with Crippen LogP contribution in [0.5, 0.6) is 11.5 Å². The van der Waals surface area contributed by atoms with Crippen molar-refractivity contribution in [2.75, 3.05) is 11.6 Å². The maximum atomic E-state index is 12.9. The lowest BCUT2D eigenvalue weighted by atomic mass is 9.99. The number of aromatic hydroxyl groups is 2. The first kappa shape index (κ1) is 57.9. The average Bonchev–Trinajstić information content (AvgIpc) is 3.86. The fourth-order valence-electron chi connectivity index (χ4n) is 7.84. The molecule has 0 spiro atoms. The summed E-state index contributed by atoms with van der Waals surface area (Å²) >= 11 is 0. The number of H-pyrrole nitrogens is 1. The number of hydrogen-bond donors (Lipinski definition) is 3. The molecule has 0 atom stereocenters. The van der Waals surface area contributed by atoms with Crippen molar-refractivity contribution in [2.45, 2.75) is 102 Å². The number of rotatable bonds is 22. The lowest BCUT2D eigenvalue weighted by Crippen LogP contribution is -2.32. The molecule has 1 amide bonds. The number of aryl methyl sites for hydroxylation is 6. The Bertz CT molecular complexity index is 3250. The summed E-state index contributed by atoms with van der Waals surface area (Å²) in [6.45, 7) is 7.93. The van der Waals surface area contributed by atoms with Gasteiger partial charge in [0.25, 0.3) is 11.5 Å². The number of allylic oxidation sites excluding steroid dienone is 2. The molecule has 398 valence electrons. The number of nitrogens with zero attached hydrogens (tertiary/aromatic N) is 3. The molecule has 21 nitrogen and oxygen atoms in total. The number of carboxylic acid groups (broad SMARTS) is 2. The van der Waals surface area contributed by atoms with Crippen LogP contribution in [-0.2, 0) is 57.0 Å². The lowest BCUT2D eigenvalue weighted by molar-refractivity contribution is -0.294. The smallest absolute Gasteiger partial charge is 0.306 e. The molecule has 0 fully saturated rings. The van der Waals surface area contributed by atoms with Gasteiger partial charge in [0.1, 0.15) is 43.2 Å². The first-order valence-electron chi connectivity index (χ1n) is 23.2. The first-order valence-corrected chi connectivity index (χ1v) is 26.1. The van der Waals surface area contributed by atoms with Gasteiger partial charge in [0.05, 0.1) is 56.5 Å². The van der Waals surface area contributed by atoms with Crippen LogP contribution < -0.4 is 20.8 Å². The Morgan fingerprint density at radius 2 is 1.15 bits per heavy atom. The molecular weight excluding hydrogens is 1020 g/mol. The Labute approximate surface area is 431 Å². The van der Waals surface area contributed by atoms with Crippen LogP contribution >= 0.6 is 0 Å². The van der Waals surface area contributed by atoms with Gasteiger partial charge in [-0.3, -0.25) is 24.3 Å². The minimum absolute atomic E-state index is 0.0494. The first-order chi connectivity index (χ1) is 35.3. The van der Waals surface area contributed by atoms with Crippen LogP contribution in [0.3, 0.4) is 0 Å². The van der Waals surface area contributed by atoms with Gasteiger partial charge in [0, 0.05) is 19.3 Å². The maximum absolute atomic E-state index is 12.9. The van der Waals surface area contributed by atoms with Crippen molar-refractivity contribution in [3.05, 3.63) is 146 Å². The molecule has 75 heavy (non-hydrogen) atoms. The highest BCUT2D eigenvalue weighted by atomic mass is 32.2. The molecule has 23 heteroatoms. The third-order valence-corrected chi connectivity index (χ3v) is 13.5. The number of phenolic OH excluding ortho intramolecular Hbond substituents is 2. The number of aromatic amines is 1. The Morgan fingerprint density at radius 1 is 0.667 bits per heavy atom. The summed E-state index contributed by atoms with van der Waals surface area (Å²) in [5, 5.41) is 49.4. The quantitative estimate of drug-likeness (QED) is 0.0384. The van der Waals surface area contributed by atoms with E-state index in [9.17, 15) is 75.1 Å². The van der Waals surface area contributed by atoms with Gasteiger partial charge < -0.3 is 43.9 Å². The number of aromatic nitrogens is 2. The zero-order valence-electron chi connectivity index (χ0n) is 41.1. The normalized spacial score (nSPS) is 13.2. The molecule has 0 aliphatic carbocycles. The van der Waals surface area contributed by atoms with Crippen molar-refractivity contribution < 1.29 is 75.1 Å². The van der Waals surface area contributed by atoms with E-state index in [1.807, 2.05) is 52.0 Å². The number of nitrogens with one attached hydrogen (secondary N) is 1. The van der Waals surface area contributed by atoms with E-state index in [1.54, 1.807) is 0 Å². The zero-order valence-corrected chi connectivity index (χ0v) is 42.7. The van der Waals surface area contributed by atoms with Gasteiger partial charge in [0.15, 0.2) is 0 Å². The van der Waals surface area contributed by atoms with E-state index in [-0.39, 0.29) is 23.1 Å². The Kier molecular flexibility index (Phi) is 19.5. The SMILES string of the molecule is Cc1cc(CCC(=O)CCCCCCCOC(=O)CCc2cc(C)c(O)c(C)c2)cc(C)c1O.O=C([O-])C1=NN(c2ccc(S(=O)(=O)[O-])cc2)C(=O)C1=CC=Cc1c(C(=O)[O-])[nH]n(-c2ccc(S(=O)(=O)[O-])cc2)c1=O. The monoisotopic (exact) mass is 1070 g/mol. The van der Waals surface area contributed by atoms with Crippen LogP contribution in [0.25, 0.3) is 11.8 Å². The molecule has 2 heterocycles. The number of phenols is 2. The highest BCUT2D eigenvalue weighted by Crippen LogP contribution is 2.27. The van der Waals surface area contributed by atoms with Crippen molar-refractivity contribution in [3.63, 3.8) is 0 Å². The largest absolute Gasteiger partial charge is 0.744 e. The standard InChI is InChI=1S/C29H40O5.C23H16N4O12S2/c1-20-16-24(17-21(2)28(20)32)11-13-26(30)10-8-6-5-7-9-15-34-27(31)14-12-25-18-22(3)29(33)23(4)19-25;28-20-16(18(22(30)31)24-26(20)12-4-8-14(9-5-12)40(34,35)36)2-1-3-17-19(23(32)33)25-27(21(17)29)13-6-10-15(11-7-13)41(37,38)39/h16-19,32-33H,5-15H2,1-4H3;1-11,24H,(H,30,31)(H,32,33)(H,34,35,36)(H,37,38,39)/p-4. The molecule has 3 N–H and O–H groups in total. The third kappa shape index (κ3) is 15.8. The number of Topliss-reactive ketones (excluding diaryl/α,β-unsaturated/α-hetero) is 1. The van der Waals surface area contributed by atoms with Gasteiger partial charge >= 0.3 is 5.97 Å². The molecule has 1 aromatic heterocycles. The van der Waals surface area contributed by atoms with Gasteiger partial charge in [-0.2, -0.15) is 10.1 Å². The van der Waals surface area contributed by atoms with Crippen LogP contribution in [-0.4, -0.2) is 87.9 Å². The number of benzene rings is 4. The van der Waals surface area contributed by atoms with E-state index in [0.29, 0.717) is 53.5 Å². The number of esters is 1. The number of anilines is 1. The fourth-order valence-corrected chi connectivity index (χ4v) is 8.78. The molecule has 1 aliphatic rings. The second-order valence-corrected chi connectivity index (χ2v) is 20.2. The van der Waals surface area contributed by atoms with Crippen LogP contribution in [0.1, 0.15) is 101 Å². The molecule has 0 saturated heterocycles. The third-order valence-electron chi connectivity index (χ3n) is 11.8. The highest BCUT2D eigenvalue weighted by molar-refractivity contribution is 7.86. The van der Waals surface area contributed by atoms with E-state index in [0.717, 1.165) is 139 Å². The summed E-state index contributed by atoms with van der Waals surface area (Å²) < 4.78 is 72.7. The molecule has 0 radical (unpaired) electrons. The second kappa shape index (κ2) is 25.3. The van der Waals surface area contributed by atoms with Crippen molar-refractivity contribution in [3.8, 4) is 17.2 Å². The Morgan fingerprint density at radius 3 is 1.64 bits per heavy atom. The number of carboxylic acids is 2. The maximum Gasteiger partial charge on any atom is 0.306 e. The number of carbonyl (C=O) groups excluding carboxylic acids is 5. The zero-order chi connectivity index (χ0) is 55.4. The predicted octanol–water partition coefficient (Wildman–Crippen LogP) is 3.78. The van der Waals surface area contributed by atoms with Gasteiger partial charge in [0.2, 0.25) is 0 Å². The molecule has 5 aromatic rings. The summed E-state index contributed by atoms with van der Waals surface area (Å²) in [5.74, 6) is -3.97. The number of carbonyl (C=O) groups is 5. The van der Waals surface area contributed by atoms with Gasteiger partial charge in [-0.15, -0.1) is 0 Å². The molecule has 1 aliphatic heterocycles. The van der Waals surface area contributed by atoms with Gasteiger partial charge in [-0.1, -0.05) is 49.6 Å². The van der Waals surface area contributed by atoms with Crippen LogP contribution in [0.15, 0.2) is 110 Å². The number of ketones is 1. The van der Waals surface area contributed by atoms with Gasteiger partial charge in [-0.25, -0.2) is 21.5 Å². The highest BCUT2D eigenvalue weighted by Gasteiger charge is 2.31. The second-order valence-electron chi connectivity index (χ2n) is 17.5. The summed E-state index contributed by atoms with van der Waals surface area (Å²) in [6, 6.07) is 15.5. The number of ether oxygens (including phenoxy) is 1. The average molecular weight is 1070 g/mol. The van der Waals surface area contributed by atoms with E-state index >= 15 is 0 Å². The molecule has 0 unspecified atom stereocenters. The van der Waals surface area contributed by atoms with Crippen LogP contribution in [0, 0.1) is 27.7 Å². The molecule has 4 aromatic carbocycles. The number of hydrazone groups is 1. The van der Waals surface area contributed by atoms with E-state index in [1.165, 1.54) is 0 Å². The number of amides is 1. The van der Waals surface area contributed by atoms with E-state index in [4.69, 9.17) is 4.74 Å². The lowest BCUT2D eigenvalue weighted by Gasteiger charge is -2.13. The van der Waals surface area contributed by atoms with E-state index < -0.39 is 76.0 Å². The fraction of sp³-hybridized carbons (Fsp3) is 0.288. The molecule has 6 rings (SSSR count). The molecular formula is C52H52N4O17S2-4. The number of aliphatic carboxylic acids is 1. The molecule has 0 bridgehead atoms. The van der Waals surface area contributed by atoms with Crippen molar-refractivity contribution >= 4 is 67.3 Å². The summed E-state index contributed by atoms with van der Waals surface area (Å²) in [4.78, 5) is 71.9. The molecule has 0 saturated carbocycles. The summed E-state index contributed by atoms with van der Waals surface area (Å²) in [6.07, 6.45) is 10.4. The Balaban J connectivity index is 0.000000283. The van der Waals surface area contributed by atoms with Gasteiger partial charge in [-0.05, 0) is 147 Å². The summed E-state index contributed by atoms with van der Waals surface area (Å²) in [5.41, 5.74) is 1.74. The Hall–Kier alpha value is -7.99. The van der Waals surface area contributed by atoms with Crippen molar-refractivity contribution in [1.29, 1.82) is 0 Å². The number of unbranched alkanes of at least 4 members (excludes halogenated alkanes) is 4. The minimum atomic E-state index is -4.79. The van der Waals surface area contributed by atoms with E-state index in [2.05, 4.69) is 10.2 Å². The van der Waals surface area contributed by atoms with Crippen LogP contribution in [0.2, 0.25) is 0 Å². The topological polar surface area (TPSA) is 349 Å². The van der Waals surface area contributed by atoms with Crippen LogP contribution in [0.4, 0.5) is 5.69 Å². The number of hydrogen-bond acceptors (Lipinski definition) is 18. The number of aromatic carboxylic acids is 1.